The van der Waals surface area contributed by atoms with E-state index in [1.165, 1.54) is 92.0 Å². The lowest BCUT2D eigenvalue weighted by Crippen LogP contribution is -1.95. The second-order valence-corrected chi connectivity index (χ2v) is 14.5. The number of nitrogens with zero attached hydrogens (tertiary/aromatic N) is 1. The van der Waals surface area contributed by atoms with Crippen molar-refractivity contribution in [2.75, 3.05) is 0 Å². The van der Waals surface area contributed by atoms with Gasteiger partial charge in [0.25, 0.3) is 0 Å². The van der Waals surface area contributed by atoms with E-state index in [0.29, 0.717) is 0 Å². The van der Waals surface area contributed by atoms with Crippen molar-refractivity contribution in [3.05, 3.63) is 188 Å². The van der Waals surface area contributed by atoms with Gasteiger partial charge in [-0.3, -0.25) is 0 Å². The molecule has 8 aromatic carbocycles. The topological polar surface area (TPSA) is 4.93 Å². The van der Waals surface area contributed by atoms with E-state index < -0.39 is 0 Å². The predicted octanol–water partition coefficient (Wildman–Crippen LogP) is 14.1. The third-order valence-electron chi connectivity index (χ3n) is 10.3. The molecule has 1 nitrogen and oxygen atoms in total. The lowest BCUT2D eigenvalue weighted by atomic mass is 9.95. The Bertz CT molecular complexity index is 2860. The Hall–Kier alpha value is -6.22. The summed E-state index contributed by atoms with van der Waals surface area (Å²) in [4.78, 5) is 0. The fourth-order valence-electron chi connectivity index (χ4n) is 7.71. The molecule has 0 bridgehead atoms. The van der Waals surface area contributed by atoms with Crippen LogP contribution in [0.3, 0.4) is 0 Å². The lowest BCUT2D eigenvalue weighted by Gasteiger charge is -2.13. The maximum Gasteiger partial charge on any atom is 0.0634 e. The average molecular weight is 668 g/mol. The molecule has 0 aliphatic heterocycles. The minimum atomic E-state index is 1.16. The highest BCUT2D eigenvalue weighted by molar-refractivity contribution is 7.26. The molecule has 0 aliphatic rings. The fourth-order valence-corrected chi connectivity index (χ4v) is 8.93. The van der Waals surface area contributed by atoms with Gasteiger partial charge in [-0.15, -0.1) is 11.3 Å². The van der Waals surface area contributed by atoms with Crippen molar-refractivity contribution in [2.24, 2.45) is 0 Å². The molecule has 0 amide bonds. The van der Waals surface area contributed by atoms with Crippen molar-refractivity contribution in [1.29, 1.82) is 0 Å². The second-order valence-electron chi connectivity index (χ2n) is 13.4. The van der Waals surface area contributed by atoms with Crippen LogP contribution >= 0.6 is 11.3 Å². The van der Waals surface area contributed by atoms with Gasteiger partial charge in [0.05, 0.1) is 11.0 Å². The number of benzene rings is 8. The van der Waals surface area contributed by atoms with Gasteiger partial charge in [0.15, 0.2) is 0 Å². The van der Waals surface area contributed by atoms with Crippen molar-refractivity contribution in [2.45, 2.75) is 6.92 Å². The lowest BCUT2D eigenvalue weighted by molar-refractivity contribution is 1.18. The first-order chi connectivity index (χ1) is 25.2. The summed E-state index contributed by atoms with van der Waals surface area (Å²) in [6.45, 7) is 2.15. The fraction of sp³-hybridized carbons (Fsp3) is 0.0204. The van der Waals surface area contributed by atoms with E-state index in [0.717, 1.165) is 5.69 Å². The van der Waals surface area contributed by atoms with Crippen LogP contribution in [0.5, 0.6) is 0 Å². The molecule has 0 N–H and O–H groups in total. The van der Waals surface area contributed by atoms with Gasteiger partial charge in [-0.2, -0.15) is 0 Å². The Labute approximate surface area is 301 Å². The van der Waals surface area contributed by atoms with Crippen LogP contribution in [0, 0.1) is 6.92 Å². The first kappa shape index (κ1) is 29.7. The number of hydrogen-bond acceptors (Lipinski definition) is 1. The van der Waals surface area contributed by atoms with Crippen LogP contribution in [0.4, 0.5) is 0 Å². The molecule has 0 saturated carbocycles. The average Bonchev–Trinajstić information content (AvgIpc) is 3.74. The summed E-state index contributed by atoms with van der Waals surface area (Å²) in [7, 11) is 0. The molecule has 10 aromatic rings. The molecule has 0 spiro atoms. The summed E-state index contributed by atoms with van der Waals surface area (Å²) >= 11 is 1.91. The van der Waals surface area contributed by atoms with Crippen LogP contribution in [-0.4, -0.2) is 4.57 Å². The number of rotatable bonds is 5. The van der Waals surface area contributed by atoms with Crippen LogP contribution in [0.15, 0.2) is 182 Å². The van der Waals surface area contributed by atoms with E-state index in [9.17, 15) is 0 Å². The first-order valence-corrected chi connectivity index (χ1v) is 18.3. The standard InChI is InChI=1S/C49H33NS/c1-32-17-19-36(20-18-32)38-26-28-46-43(29-38)44-31-42(37-23-21-35(22-24-37)33-11-5-2-6-12-33)48-47(49(44)51-46)41-27-25-39(34-13-7-3-8-14-34)30-45(41)50(48)40-15-9-4-10-16-40/h2-31H,1H3. The molecule has 2 heterocycles. The summed E-state index contributed by atoms with van der Waals surface area (Å²) in [6, 6.07) is 66.8. The van der Waals surface area contributed by atoms with Gasteiger partial charge >= 0.3 is 0 Å². The third-order valence-corrected chi connectivity index (χ3v) is 11.5. The predicted molar refractivity (Wildman–Crippen MR) is 220 cm³/mol. The Morgan fingerprint density at radius 3 is 1.65 bits per heavy atom. The molecule has 0 fully saturated rings. The van der Waals surface area contributed by atoms with Crippen LogP contribution in [0.25, 0.3) is 92.2 Å². The third kappa shape index (κ3) is 4.99. The molecule has 10 rings (SSSR count). The number of aryl methyl sites for hydroxylation is 1. The number of para-hydroxylation sites is 1. The van der Waals surface area contributed by atoms with Gasteiger partial charge in [-0.25, -0.2) is 0 Å². The summed E-state index contributed by atoms with van der Waals surface area (Å²) in [5.41, 5.74) is 14.7. The minimum Gasteiger partial charge on any atom is -0.309 e. The zero-order chi connectivity index (χ0) is 33.9. The zero-order valence-corrected chi connectivity index (χ0v) is 29.0. The first-order valence-electron chi connectivity index (χ1n) is 17.5. The Kier molecular flexibility index (Phi) is 6.97. The van der Waals surface area contributed by atoms with Crippen LogP contribution in [-0.2, 0) is 0 Å². The Morgan fingerprint density at radius 1 is 0.412 bits per heavy atom. The van der Waals surface area contributed by atoms with Crippen LogP contribution in [0.2, 0.25) is 0 Å². The van der Waals surface area contributed by atoms with Crippen molar-refractivity contribution in [3.63, 3.8) is 0 Å². The van der Waals surface area contributed by atoms with Gasteiger partial charge in [0, 0.05) is 42.2 Å². The summed E-state index contributed by atoms with van der Waals surface area (Å²) < 4.78 is 5.14. The van der Waals surface area contributed by atoms with E-state index in [2.05, 4.69) is 193 Å². The van der Waals surface area contributed by atoms with Crippen molar-refractivity contribution in [1.82, 2.24) is 4.57 Å². The molecular formula is C49H33NS. The van der Waals surface area contributed by atoms with Crippen molar-refractivity contribution < 1.29 is 0 Å². The minimum absolute atomic E-state index is 1.16. The zero-order valence-electron chi connectivity index (χ0n) is 28.2. The quantitative estimate of drug-likeness (QED) is 0.172. The summed E-state index contributed by atoms with van der Waals surface area (Å²) in [5, 5.41) is 5.19. The molecule has 0 saturated heterocycles. The van der Waals surface area contributed by atoms with E-state index in [1.807, 2.05) is 11.3 Å². The smallest absolute Gasteiger partial charge is 0.0634 e. The van der Waals surface area contributed by atoms with Gasteiger partial charge < -0.3 is 4.57 Å². The van der Waals surface area contributed by atoms with E-state index in [-0.39, 0.29) is 0 Å². The number of fused-ring (bicyclic) bond motifs is 7. The SMILES string of the molecule is Cc1ccc(-c2ccc3sc4c(cc(-c5ccc(-c6ccccc6)cc5)c5c4c4ccc(-c6ccccc6)cc4n5-c4ccccc4)c3c2)cc1. The van der Waals surface area contributed by atoms with E-state index >= 15 is 0 Å². The molecular weight excluding hydrogens is 635 g/mol. The molecule has 0 aliphatic carbocycles. The molecule has 51 heavy (non-hydrogen) atoms. The summed E-state index contributed by atoms with van der Waals surface area (Å²) in [5.74, 6) is 0. The molecule has 240 valence electrons. The Balaban J connectivity index is 1.32. The normalized spacial score (nSPS) is 11.6. The summed E-state index contributed by atoms with van der Waals surface area (Å²) in [6.07, 6.45) is 0. The maximum absolute atomic E-state index is 2.50. The number of aromatic nitrogens is 1. The van der Waals surface area contributed by atoms with E-state index in [4.69, 9.17) is 0 Å². The van der Waals surface area contributed by atoms with Gasteiger partial charge in [-0.1, -0.05) is 151 Å². The van der Waals surface area contributed by atoms with Crippen molar-refractivity contribution in [3.8, 4) is 50.2 Å². The van der Waals surface area contributed by atoms with Gasteiger partial charge in [0.2, 0.25) is 0 Å². The van der Waals surface area contributed by atoms with Crippen LogP contribution < -0.4 is 0 Å². The molecule has 0 radical (unpaired) electrons. The molecule has 0 atom stereocenters. The highest BCUT2D eigenvalue weighted by Gasteiger charge is 2.22. The molecule has 0 unspecified atom stereocenters. The van der Waals surface area contributed by atoms with E-state index in [1.54, 1.807) is 0 Å². The highest BCUT2D eigenvalue weighted by atomic mass is 32.1. The number of thiophene rings is 1. The van der Waals surface area contributed by atoms with Crippen molar-refractivity contribution >= 4 is 53.3 Å². The maximum atomic E-state index is 2.50. The second kappa shape index (κ2) is 12.0. The molecule has 2 aromatic heterocycles. The van der Waals surface area contributed by atoms with Gasteiger partial charge in [-0.05, 0) is 82.3 Å². The van der Waals surface area contributed by atoms with Crippen LogP contribution in [0.1, 0.15) is 5.56 Å². The monoisotopic (exact) mass is 667 g/mol. The Morgan fingerprint density at radius 2 is 0.941 bits per heavy atom. The highest BCUT2D eigenvalue weighted by Crippen LogP contribution is 2.48. The number of hydrogen-bond donors (Lipinski definition) is 0. The molecule has 2 heteroatoms. The van der Waals surface area contributed by atoms with Gasteiger partial charge in [0.1, 0.15) is 0 Å². The largest absolute Gasteiger partial charge is 0.309 e.